The molecule has 0 aliphatic rings. The highest BCUT2D eigenvalue weighted by Crippen LogP contribution is 2.18. The highest BCUT2D eigenvalue weighted by atomic mass is 19.2. The average molecular weight is 375 g/mol. The number of rotatable bonds is 4. The summed E-state index contributed by atoms with van der Waals surface area (Å²) in [5.74, 6) is -2.47. The van der Waals surface area contributed by atoms with E-state index in [1.807, 2.05) is 20.8 Å². The Balaban J connectivity index is 1.73. The third-order valence-corrected chi connectivity index (χ3v) is 3.97. The van der Waals surface area contributed by atoms with E-state index in [-0.39, 0.29) is 29.8 Å². The number of carbonyl (C=O) groups is 1. The molecule has 27 heavy (non-hydrogen) atoms. The Morgan fingerprint density at radius 1 is 1.22 bits per heavy atom. The first-order valence-corrected chi connectivity index (χ1v) is 8.35. The van der Waals surface area contributed by atoms with Crippen molar-refractivity contribution >= 4 is 22.6 Å². The smallest absolute Gasteiger partial charge is 0.264 e. The monoisotopic (exact) mass is 375 g/mol. The van der Waals surface area contributed by atoms with Crippen molar-refractivity contribution in [3.8, 4) is 0 Å². The number of benzene rings is 1. The van der Waals surface area contributed by atoms with Gasteiger partial charge in [0.2, 0.25) is 5.91 Å². The summed E-state index contributed by atoms with van der Waals surface area (Å²) in [6, 6.07) is 3.09. The van der Waals surface area contributed by atoms with Crippen LogP contribution in [0, 0.1) is 11.6 Å². The molecule has 2 heterocycles. The van der Waals surface area contributed by atoms with Crippen molar-refractivity contribution in [2.45, 2.75) is 39.3 Å². The second kappa shape index (κ2) is 6.90. The van der Waals surface area contributed by atoms with Gasteiger partial charge in [-0.2, -0.15) is 5.10 Å². The average Bonchev–Trinajstić information content (AvgIpc) is 3.03. The molecule has 1 aromatic carbocycles. The lowest BCUT2D eigenvalue weighted by Gasteiger charge is -2.19. The molecule has 3 aromatic rings. The van der Waals surface area contributed by atoms with Crippen molar-refractivity contribution in [3.05, 3.63) is 52.7 Å². The van der Waals surface area contributed by atoms with E-state index >= 15 is 0 Å². The van der Waals surface area contributed by atoms with Crippen molar-refractivity contribution in [1.82, 2.24) is 19.3 Å². The molecule has 0 aliphatic heterocycles. The second-order valence-electron chi connectivity index (χ2n) is 7.13. The molecule has 7 nitrogen and oxygen atoms in total. The minimum Gasteiger partial charge on any atom is -0.326 e. The van der Waals surface area contributed by atoms with Crippen LogP contribution in [0.4, 0.5) is 14.5 Å². The first kappa shape index (κ1) is 18.7. The van der Waals surface area contributed by atoms with E-state index in [2.05, 4.69) is 15.4 Å². The van der Waals surface area contributed by atoms with Gasteiger partial charge in [-0.3, -0.25) is 14.2 Å². The largest absolute Gasteiger partial charge is 0.326 e. The second-order valence-corrected chi connectivity index (χ2v) is 7.13. The number of aromatic nitrogens is 4. The van der Waals surface area contributed by atoms with Crippen LogP contribution in [0.1, 0.15) is 27.2 Å². The van der Waals surface area contributed by atoms with Crippen LogP contribution in [0.5, 0.6) is 0 Å². The highest BCUT2D eigenvalue weighted by Gasteiger charge is 2.19. The summed E-state index contributed by atoms with van der Waals surface area (Å²) in [6.45, 7) is 5.96. The fourth-order valence-corrected chi connectivity index (χ4v) is 2.62. The number of anilines is 1. The van der Waals surface area contributed by atoms with Gasteiger partial charge in [0.1, 0.15) is 5.39 Å². The zero-order chi connectivity index (χ0) is 19.8. The number of carbonyl (C=O) groups excluding carboxylic acids is 1. The number of halogens is 2. The zero-order valence-corrected chi connectivity index (χ0v) is 15.2. The van der Waals surface area contributed by atoms with Crippen LogP contribution in [-0.4, -0.2) is 25.2 Å². The number of nitrogens with zero attached hydrogens (tertiary/aromatic N) is 4. The Morgan fingerprint density at radius 2 is 1.96 bits per heavy atom. The zero-order valence-electron chi connectivity index (χ0n) is 15.2. The standard InChI is InChI=1S/C18H19F2N5O2/c1-18(2,3)25-16-12(9-22-25)17(27)24(10-21-16)7-6-15(26)23-11-4-5-13(19)14(20)8-11/h4-5,8-10H,6-7H2,1-3H3,(H,23,26). The van der Waals surface area contributed by atoms with Gasteiger partial charge >= 0.3 is 0 Å². The number of amides is 1. The van der Waals surface area contributed by atoms with Crippen molar-refractivity contribution < 1.29 is 13.6 Å². The molecule has 0 unspecified atom stereocenters. The van der Waals surface area contributed by atoms with Crippen molar-refractivity contribution in [1.29, 1.82) is 0 Å². The number of aryl methyl sites for hydroxylation is 1. The summed E-state index contributed by atoms with van der Waals surface area (Å²) in [7, 11) is 0. The van der Waals surface area contributed by atoms with Crippen LogP contribution in [0.3, 0.4) is 0 Å². The molecule has 0 bridgehead atoms. The van der Waals surface area contributed by atoms with Gasteiger partial charge in [-0.1, -0.05) is 0 Å². The summed E-state index contributed by atoms with van der Waals surface area (Å²) in [5.41, 5.74) is 0.00918. The molecule has 1 N–H and O–H groups in total. The molecule has 0 spiro atoms. The number of hydrogen-bond donors (Lipinski definition) is 1. The molecule has 0 saturated carbocycles. The Hall–Kier alpha value is -3.10. The number of hydrogen-bond acceptors (Lipinski definition) is 4. The third-order valence-electron chi connectivity index (χ3n) is 3.97. The molecule has 0 radical (unpaired) electrons. The maximum absolute atomic E-state index is 13.2. The van der Waals surface area contributed by atoms with Crippen LogP contribution in [0.15, 0.2) is 35.5 Å². The van der Waals surface area contributed by atoms with Gasteiger partial charge in [0, 0.05) is 24.7 Å². The van der Waals surface area contributed by atoms with Crippen LogP contribution in [-0.2, 0) is 16.9 Å². The first-order valence-electron chi connectivity index (χ1n) is 8.35. The lowest BCUT2D eigenvalue weighted by molar-refractivity contribution is -0.116. The van der Waals surface area contributed by atoms with Gasteiger partial charge in [0.25, 0.3) is 5.56 Å². The van der Waals surface area contributed by atoms with Gasteiger partial charge in [0.05, 0.1) is 18.1 Å². The minimum absolute atomic E-state index is 0.0283. The Kier molecular flexibility index (Phi) is 4.77. The molecule has 2 aromatic heterocycles. The normalized spacial score (nSPS) is 11.7. The van der Waals surface area contributed by atoms with E-state index in [1.165, 1.54) is 23.2 Å². The molecule has 0 aliphatic carbocycles. The summed E-state index contributed by atoms with van der Waals surface area (Å²) >= 11 is 0. The maximum atomic E-state index is 13.2. The SMILES string of the molecule is CC(C)(C)n1ncc2c(=O)n(CCC(=O)Nc3ccc(F)c(F)c3)cnc21. The van der Waals surface area contributed by atoms with E-state index in [0.29, 0.717) is 11.0 Å². The van der Waals surface area contributed by atoms with Crippen LogP contribution in [0.25, 0.3) is 11.0 Å². The van der Waals surface area contributed by atoms with E-state index in [4.69, 9.17) is 0 Å². The fraction of sp³-hybridized carbons (Fsp3) is 0.333. The topological polar surface area (TPSA) is 81.8 Å². The molecular formula is C18H19F2N5O2. The highest BCUT2D eigenvalue weighted by molar-refractivity contribution is 5.90. The molecule has 0 atom stereocenters. The Morgan fingerprint density at radius 3 is 2.63 bits per heavy atom. The summed E-state index contributed by atoms with van der Waals surface area (Å²) in [6.07, 6.45) is 2.81. The van der Waals surface area contributed by atoms with Gasteiger partial charge in [0.15, 0.2) is 17.3 Å². The van der Waals surface area contributed by atoms with Crippen molar-refractivity contribution in [3.63, 3.8) is 0 Å². The lowest BCUT2D eigenvalue weighted by atomic mass is 10.1. The summed E-state index contributed by atoms with van der Waals surface area (Å²) in [4.78, 5) is 28.9. The predicted octanol–water partition coefficient (Wildman–Crippen LogP) is 2.66. The lowest BCUT2D eigenvalue weighted by Crippen LogP contribution is -2.26. The maximum Gasteiger partial charge on any atom is 0.264 e. The van der Waals surface area contributed by atoms with Gasteiger partial charge in [-0.25, -0.2) is 18.4 Å². The van der Waals surface area contributed by atoms with Crippen molar-refractivity contribution in [2.75, 3.05) is 5.32 Å². The van der Waals surface area contributed by atoms with E-state index in [0.717, 1.165) is 12.1 Å². The quantitative estimate of drug-likeness (QED) is 0.760. The molecular weight excluding hydrogens is 356 g/mol. The van der Waals surface area contributed by atoms with Gasteiger partial charge in [-0.15, -0.1) is 0 Å². The van der Waals surface area contributed by atoms with Crippen molar-refractivity contribution in [2.24, 2.45) is 0 Å². The molecule has 0 fully saturated rings. The number of fused-ring (bicyclic) bond motifs is 1. The van der Waals surface area contributed by atoms with Crippen LogP contribution < -0.4 is 10.9 Å². The van der Waals surface area contributed by atoms with Gasteiger partial charge < -0.3 is 5.32 Å². The Labute approximate surface area is 153 Å². The minimum atomic E-state index is -1.05. The summed E-state index contributed by atoms with van der Waals surface area (Å²) < 4.78 is 29.1. The molecule has 9 heteroatoms. The first-order chi connectivity index (χ1) is 12.7. The van der Waals surface area contributed by atoms with Gasteiger partial charge in [-0.05, 0) is 32.9 Å². The van der Waals surface area contributed by atoms with E-state index < -0.39 is 17.5 Å². The molecule has 0 saturated heterocycles. The number of nitrogens with one attached hydrogen (secondary N) is 1. The van der Waals surface area contributed by atoms with E-state index in [1.54, 1.807) is 4.68 Å². The molecule has 1 amide bonds. The third kappa shape index (κ3) is 3.86. The molecule has 142 valence electrons. The summed E-state index contributed by atoms with van der Waals surface area (Å²) in [5, 5.41) is 7.06. The van der Waals surface area contributed by atoms with E-state index in [9.17, 15) is 18.4 Å². The molecule has 3 rings (SSSR count). The fourth-order valence-electron chi connectivity index (χ4n) is 2.62. The van der Waals surface area contributed by atoms with Crippen LogP contribution >= 0.6 is 0 Å². The predicted molar refractivity (Wildman–Crippen MR) is 96.4 cm³/mol. The Bertz CT molecular complexity index is 1070. The van der Waals surface area contributed by atoms with Crippen LogP contribution in [0.2, 0.25) is 0 Å².